The standard InChI is InChI=1S/C37H33Cl4N3O6/c38-25-11-10-24(30(40)19-25)14-16-43(35(47)15-17-44-36(48)27-8-4-5-9-28(27)37(44)49)21-33(45)32(18-23-6-2-1-3-7-23)42-34(46)22-50-26-12-13-29(39)31(41)20-26/h1-13,19-20,32-33,45H,14-18,21-22H2,(H,42,46). The molecule has 5 rings (SSSR count). The van der Waals surface area contributed by atoms with E-state index in [1.807, 2.05) is 30.3 Å². The average molecular weight is 757 g/mol. The van der Waals surface area contributed by atoms with Crippen molar-refractivity contribution in [1.29, 1.82) is 0 Å². The summed E-state index contributed by atoms with van der Waals surface area (Å²) in [6, 6.07) is 24.6. The molecule has 13 heteroatoms. The highest BCUT2D eigenvalue weighted by molar-refractivity contribution is 6.42. The molecule has 50 heavy (non-hydrogen) atoms. The van der Waals surface area contributed by atoms with Gasteiger partial charge in [-0.05, 0) is 60.4 Å². The first-order valence-corrected chi connectivity index (χ1v) is 17.3. The maximum atomic E-state index is 13.8. The van der Waals surface area contributed by atoms with Crippen molar-refractivity contribution >= 4 is 70.0 Å². The van der Waals surface area contributed by atoms with E-state index < -0.39 is 35.8 Å². The fourth-order valence-corrected chi connectivity index (χ4v) is 6.36. The van der Waals surface area contributed by atoms with E-state index in [0.29, 0.717) is 27.2 Å². The first-order chi connectivity index (χ1) is 24.0. The first kappa shape index (κ1) is 37.1. The molecule has 0 aliphatic carbocycles. The highest BCUT2D eigenvalue weighted by Crippen LogP contribution is 2.27. The highest BCUT2D eigenvalue weighted by atomic mass is 35.5. The maximum absolute atomic E-state index is 13.8. The quantitative estimate of drug-likeness (QED) is 0.134. The summed E-state index contributed by atoms with van der Waals surface area (Å²) < 4.78 is 5.60. The van der Waals surface area contributed by atoms with Crippen LogP contribution < -0.4 is 10.1 Å². The molecule has 2 unspecified atom stereocenters. The lowest BCUT2D eigenvalue weighted by Gasteiger charge is -2.31. The molecule has 260 valence electrons. The zero-order valence-electron chi connectivity index (χ0n) is 26.7. The smallest absolute Gasteiger partial charge is 0.261 e. The minimum atomic E-state index is -1.23. The van der Waals surface area contributed by atoms with Gasteiger partial charge in [0.2, 0.25) is 5.91 Å². The summed E-state index contributed by atoms with van der Waals surface area (Å²) in [5.74, 6) is -1.50. The molecule has 4 amide bonds. The van der Waals surface area contributed by atoms with Crippen molar-refractivity contribution in [1.82, 2.24) is 15.1 Å². The van der Waals surface area contributed by atoms with Crippen molar-refractivity contribution in [2.24, 2.45) is 0 Å². The average Bonchev–Trinajstić information content (AvgIpc) is 3.35. The van der Waals surface area contributed by atoms with E-state index in [1.165, 1.54) is 11.0 Å². The van der Waals surface area contributed by atoms with Crippen LogP contribution in [0.15, 0.2) is 91.0 Å². The Bertz CT molecular complexity index is 1840. The van der Waals surface area contributed by atoms with Crippen molar-refractivity contribution in [2.45, 2.75) is 31.4 Å². The Hall–Kier alpha value is -4.12. The predicted octanol–water partition coefficient (Wildman–Crippen LogP) is 6.53. The van der Waals surface area contributed by atoms with Gasteiger partial charge in [-0.1, -0.05) is 94.9 Å². The second-order valence-corrected chi connectivity index (χ2v) is 13.3. The van der Waals surface area contributed by atoms with Crippen LogP contribution in [-0.2, 0) is 22.4 Å². The molecular weight excluding hydrogens is 724 g/mol. The molecule has 1 heterocycles. The molecule has 0 fully saturated rings. The van der Waals surface area contributed by atoms with Gasteiger partial charge < -0.3 is 20.1 Å². The topological polar surface area (TPSA) is 116 Å². The van der Waals surface area contributed by atoms with Crippen molar-refractivity contribution in [2.75, 3.05) is 26.2 Å². The number of ether oxygens (including phenoxy) is 1. The Morgan fingerprint density at radius 3 is 2.16 bits per heavy atom. The molecule has 4 aromatic rings. The van der Waals surface area contributed by atoms with E-state index in [9.17, 15) is 24.3 Å². The number of amides is 4. The summed E-state index contributed by atoms with van der Waals surface area (Å²) in [5.41, 5.74) is 2.16. The third-order valence-electron chi connectivity index (χ3n) is 8.22. The number of benzene rings is 4. The molecular formula is C37H33Cl4N3O6. The number of hydrogen-bond donors (Lipinski definition) is 2. The van der Waals surface area contributed by atoms with Gasteiger partial charge in [0.1, 0.15) is 5.75 Å². The van der Waals surface area contributed by atoms with E-state index in [4.69, 9.17) is 51.1 Å². The minimum absolute atomic E-state index is 0.143. The summed E-state index contributed by atoms with van der Waals surface area (Å²) in [7, 11) is 0. The molecule has 0 spiro atoms. The van der Waals surface area contributed by atoms with Crippen LogP contribution in [0.1, 0.15) is 38.3 Å². The molecule has 0 saturated carbocycles. The zero-order chi connectivity index (χ0) is 35.8. The SMILES string of the molecule is O=C(COc1ccc(Cl)c(Cl)c1)NC(Cc1ccccc1)C(O)CN(CCc1ccc(Cl)cc1Cl)C(=O)CCN1C(=O)c2ccccc2C1=O. The van der Waals surface area contributed by atoms with Gasteiger partial charge in [-0.25, -0.2) is 0 Å². The number of nitrogens with zero attached hydrogens (tertiary/aromatic N) is 2. The van der Waals surface area contributed by atoms with Crippen LogP contribution in [0.5, 0.6) is 5.75 Å². The van der Waals surface area contributed by atoms with Gasteiger partial charge >= 0.3 is 0 Å². The summed E-state index contributed by atoms with van der Waals surface area (Å²) in [5, 5.41) is 16.0. The van der Waals surface area contributed by atoms with Crippen LogP contribution in [0.25, 0.3) is 0 Å². The van der Waals surface area contributed by atoms with Crippen molar-refractivity contribution in [3.63, 3.8) is 0 Å². The Morgan fingerprint density at radius 1 is 0.820 bits per heavy atom. The molecule has 0 aromatic heterocycles. The number of fused-ring (bicyclic) bond motifs is 1. The van der Waals surface area contributed by atoms with Gasteiger partial charge in [-0.2, -0.15) is 0 Å². The molecule has 0 bridgehead atoms. The Kier molecular flexibility index (Phi) is 12.8. The summed E-state index contributed by atoms with van der Waals surface area (Å²) in [6.07, 6.45) is -0.831. The van der Waals surface area contributed by atoms with Crippen molar-refractivity contribution in [3.05, 3.63) is 133 Å². The zero-order valence-corrected chi connectivity index (χ0v) is 29.7. The van der Waals surface area contributed by atoms with Gasteiger partial charge in [-0.15, -0.1) is 0 Å². The number of carbonyl (C=O) groups excluding carboxylic acids is 4. The number of halogens is 4. The third kappa shape index (κ3) is 9.56. The number of nitrogens with one attached hydrogen (secondary N) is 1. The van der Waals surface area contributed by atoms with Crippen LogP contribution in [-0.4, -0.2) is 76.9 Å². The Labute approximate surface area is 309 Å². The largest absolute Gasteiger partial charge is 0.484 e. The number of imide groups is 1. The van der Waals surface area contributed by atoms with E-state index in [0.717, 1.165) is 16.0 Å². The maximum Gasteiger partial charge on any atom is 0.261 e. The second kappa shape index (κ2) is 17.2. The third-order valence-corrected chi connectivity index (χ3v) is 9.55. The van der Waals surface area contributed by atoms with E-state index in [2.05, 4.69) is 5.32 Å². The normalized spacial score (nSPS) is 13.5. The second-order valence-electron chi connectivity index (χ2n) is 11.7. The van der Waals surface area contributed by atoms with Gasteiger partial charge in [0.05, 0.1) is 33.3 Å². The number of carbonyl (C=O) groups is 4. The van der Waals surface area contributed by atoms with Gasteiger partial charge in [0, 0.05) is 42.2 Å². The van der Waals surface area contributed by atoms with Gasteiger partial charge in [0.25, 0.3) is 17.7 Å². The molecule has 2 N–H and O–H groups in total. The summed E-state index contributed by atoms with van der Waals surface area (Å²) in [6.45, 7) is -0.535. The molecule has 4 aromatic carbocycles. The summed E-state index contributed by atoms with van der Waals surface area (Å²) >= 11 is 24.5. The van der Waals surface area contributed by atoms with Crippen LogP contribution in [0.4, 0.5) is 0 Å². The fourth-order valence-electron chi connectivity index (χ4n) is 5.57. The monoisotopic (exact) mass is 755 g/mol. The highest BCUT2D eigenvalue weighted by Gasteiger charge is 2.35. The fraction of sp³-hybridized carbons (Fsp3) is 0.243. The number of hydrogen-bond acceptors (Lipinski definition) is 6. The first-order valence-electron chi connectivity index (χ1n) is 15.8. The van der Waals surface area contributed by atoms with Crippen LogP contribution in [0.3, 0.4) is 0 Å². The lowest BCUT2D eigenvalue weighted by molar-refractivity contribution is -0.133. The van der Waals surface area contributed by atoms with Crippen LogP contribution in [0, 0.1) is 0 Å². The van der Waals surface area contributed by atoms with Crippen molar-refractivity contribution in [3.8, 4) is 5.75 Å². The molecule has 0 radical (unpaired) electrons. The lowest BCUT2D eigenvalue weighted by Crippen LogP contribution is -2.52. The molecule has 1 aliphatic heterocycles. The number of aliphatic hydroxyl groups excluding tert-OH is 1. The van der Waals surface area contributed by atoms with Gasteiger partial charge in [0.15, 0.2) is 6.61 Å². The van der Waals surface area contributed by atoms with E-state index >= 15 is 0 Å². The molecule has 9 nitrogen and oxygen atoms in total. The lowest BCUT2D eigenvalue weighted by atomic mass is 10.00. The number of aliphatic hydroxyl groups is 1. The van der Waals surface area contributed by atoms with Crippen LogP contribution in [0.2, 0.25) is 20.1 Å². The summed E-state index contributed by atoms with van der Waals surface area (Å²) in [4.78, 5) is 55.2. The molecule has 0 saturated heterocycles. The van der Waals surface area contributed by atoms with Crippen molar-refractivity contribution < 1.29 is 29.0 Å². The molecule has 1 aliphatic rings. The van der Waals surface area contributed by atoms with Crippen LogP contribution >= 0.6 is 46.4 Å². The Morgan fingerprint density at radius 2 is 1.50 bits per heavy atom. The molecule has 2 atom stereocenters. The van der Waals surface area contributed by atoms with Gasteiger partial charge in [-0.3, -0.25) is 24.1 Å². The van der Waals surface area contributed by atoms with E-state index in [-0.39, 0.29) is 55.2 Å². The Balaban J connectivity index is 1.31. The predicted molar refractivity (Wildman–Crippen MR) is 193 cm³/mol. The van der Waals surface area contributed by atoms with E-state index in [1.54, 1.807) is 54.6 Å². The number of rotatable bonds is 15. The minimum Gasteiger partial charge on any atom is -0.484 e.